The smallest absolute Gasteiger partial charge is 0.429 e. The summed E-state index contributed by atoms with van der Waals surface area (Å²) in [6.07, 6.45) is -0.00727. The Morgan fingerprint density at radius 1 is 1.13 bits per heavy atom. The molecular weight excluding hydrogens is 300 g/mol. The van der Waals surface area contributed by atoms with Gasteiger partial charge in [0.15, 0.2) is 0 Å². The first-order valence-electron chi connectivity index (χ1n) is 7.29. The van der Waals surface area contributed by atoms with E-state index in [2.05, 4.69) is 5.43 Å². The molecule has 7 nitrogen and oxygen atoms in total. The van der Waals surface area contributed by atoms with Crippen LogP contribution in [-0.2, 0) is 4.74 Å². The monoisotopic (exact) mass is 322 g/mol. The molecule has 0 fully saturated rings. The van der Waals surface area contributed by atoms with E-state index in [0.29, 0.717) is 13.0 Å². The molecule has 1 aromatic carbocycles. The van der Waals surface area contributed by atoms with E-state index < -0.39 is 23.6 Å². The maximum absolute atomic E-state index is 12.2. The molecule has 1 rings (SSSR count). The zero-order valence-electron chi connectivity index (χ0n) is 13.8. The van der Waals surface area contributed by atoms with Crippen molar-refractivity contribution in [2.75, 3.05) is 6.54 Å². The van der Waals surface area contributed by atoms with Gasteiger partial charge in [0.05, 0.1) is 5.56 Å². The van der Waals surface area contributed by atoms with Crippen molar-refractivity contribution in [1.82, 2.24) is 10.4 Å². The summed E-state index contributed by atoms with van der Waals surface area (Å²) in [7, 11) is 0. The molecule has 2 N–H and O–H groups in total. The largest absolute Gasteiger partial charge is 0.478 e. The first kappa shape index (κ1) is 18.5. The second-order valence-corrected chi connectivity index (χ2v) is 5.96. The quantitative estimate of drug-likeness (QED) is 0.831. The van der Waals surface area contributed by atoms with Crippen molar-refractivity contribution < 1.29 is 24.2 Å². The molecule has 0 aliphatic heterocycles. The lowest BCUT2D eigenvalue weighted by Crippen LogP contribution is -2.48. The predicted octanol–water partition coefficient (Wildman–Crippen LogP) is 2.68. The molecule has 0 saturated heterocycles. The summed E-state index contributed by atoms with van der Waals surface area (Å²) in [4.78, 5) is 35.0. The van der Waals surface area contributed by atoms with Gasteiger partial charge in [-0.2, -0.15) is 0 Å². The summed E-state index contributed by atoms with van der Waals surface area (Å²) in [6, 6.07) is 5.43. The zero-order valence-corrected chi connectivity index (χ0v) is 13.8. The molecule has 0 aliphatic carbocycles. The van der Waals surface area contributed by atoms with Gasteiger partial charge in [0.1, 0.15) is 5.60 Å². The van der Waals surface area contributed by atoms with Gasteiger partial charge in [-0.25, -0.2) is 14.6 Å². The standard InChI is InChI=1S/C16H22N2O5/c1-5-10-18(15(22)23-16(2,3)4)17-13(19)11-6-8-12(9-7-11)14(20)21/h6-9H,5,10H2,1-4H3,(H,17,19)(H,20,21). The molecule has 0 unspecified atom stereocenters. The predicted molar refractivity (Wildman–Crippen MR) is 84.1 cm³/mol. The van der Waals surface area contributed by atoms with Crippen LogP contribution in [0.2, 0.25) is 0 Å². The fourth-order valence-electron chi connectivity index (χ4n) is 1.68. The van der Waals surface area contributed by atoms with Crippen LogP contribution in [0.4, 0.5) is 4.79 Å². The topological polar surface area (TPSA) is 95.9 Å². The van der Waals surface area contributed by atoms with E-state index in [9.17, 15) is 14.4 Å². The Balaban J connectivity index is 2.81. The van der Waals surface area contributed by atoms with Crippen LogP contribution in [0.15, 0.2) is 24.3 Å². The number of hydrogen-bond donors (Lipinski definition) is 2. The molecule has 0 aromatic heterocycles. The van der Waals surface area contributed by atoms with Gasteiger partial charge in [0.25, 0.3) is 5.91 Å². The summed E-state index contributed by atoms with van der Waals surface area (Å²) >= 11 is 0. The molecule has 0 spiro atoms. The Kier molecular flexibility index (Phi) is 6.12. The summed E-state index contributed by atoms with van der Waals surface area (Å²) in [6.45, 7) is 7.38. The molecule has 0 heterocycles. The number of carbonyl (C=O) groups is 3. The van der Waals surface area contributed by atoms with Gasteiger partial charge in [-0.1, -0.05) is 6.92 Å². The third-order valence-electron chi connectivity index (χ3n) is 2.69. The molecule has 0 saturated carbocycles. The lowest BCUT2D eigenvalue weighted by Gasteiger charge is -2.27. The fourth-order valence-corrected chi connectivity index (χ4v) is 1.68. The van der Waals surface area contributed by atoms with E-state index in [0.717, 1.165) is 5.01 Å². The van der Waals surface area contributed by atoms with E-state index in [1.807, 2.05) is 6.92 Å². The normalized spacial score (nSPS) is 10.8. The average molecular weight is 322 g/mol. The molecule has 7 heteroatoms. The van der Waals surface area contributed by atoms with Gasteiger partial charge in [-0.05, 0) is 51.5 Å². The minimum Gasteiger partial charge on any atom is -0.478 e. The van der Waals surface area contributed by atoms with Crippen LogP contribution in [0.25, 0.3) is 0 Å². The maximum atomic E-state index is 12.2. The number of carbonyl (C=O) groups excluding carboxylic acids is 2. The van der Waals surface area contributed by atoms with Gasteiger partial charge >= 0.3 is 12.1 Å². The number of aromatic carboxylic acids is 1. The number of hydrazine groups is 1. The molecular formula is C16H22N2O5. The fraction of sp³-hybridized carbons (Fsp3) is 0.438. The number of carboxylic acids is 1. The number of carboxylic acid groups (broad SMARTS) is 1. The van der Waals surface area contributed by atoms with E-state index in [-0.39, 0.29) is 11.1 Å². The average Bonchev–Trinajstić information content (AvgIpc) is 2.45. The number of nitrogens with zero attached hydrogens (tertiary/aromatic N) is 1. The van der Waals surface area contributed by atoms with E-state index in [4.69, 9.17) is 9.84 Å². The van der Waals surface area contributed by atoms with Crippen LogP contribution in [0.1, 0.15) is 54.8 Å². The number of nitrogens with one attached hydrogen (secondary N) is 1. The van der Waals surface area contributed by atoms with Gasteiger partial charge < -0.3 is 9.84 Å². The molecule has 2 amide bonds. The Labute approximate surface area is 135 Å². The number of rotatable bonds is 4. The van der Waals surface area contributed by atoms with Gasteiger partial charge in [-0.3, -0.25) is 10.2 Å². The Hall–Kier alpha value is -2.57. The van der Waals surface area contributed by atoms with E-state index >= 15 is 0 Å². The number of ether oxygens (including phenoxy) is 1. The first-order chi connectivity index (χ1) is 10.6. The molecule has 0 radical (unpaired) electrons. The molecule has 0 aliphatic rings. The summed E-state index contributed by atoms with van der Waals surface area (Å²) in [5.41, 5.74) is 2.14. The zero-order chi connectivity index (χ0) is 17.6. The minimum absolute atomic E-state index is 0.0825. The number of benzene rings is 1. The van der Waals surface area contributed by atoms with Crippen LogP contribution in [0.3, 0.4) is 0 Å². The van der Waals surface area contributed by atoms with E-state index in [1.54, 1.807) is 20.8 Å². The van der Waals surface area contributed by atoms with Crippen LogP contribution < -0.4 is 5.43 Å². The molecule has 126 valence electrons. The maximum Gasteiger partial charge on any atom is 0.429 e. The molecule has 0 atom stereocenters. The van der Waals surface area contributed by atoms with Crippen LogP contribution in [0, 0.1) is 0 Å². The van der Waals surface area contributed by atoms with Crippen molar-refractivity contribution in [1.29, 1.82) is 0 Å². The highest BCUT2D eigenvalue weighted by atomic mass is 16.6. The second-order valence-electron chi connectivity index (χ2n) is 5.96. The Morgan fingerprint density at radius 3 is 2.09 bits per heavy atom. The number of hydrogen-bond acceptors (Lipinski definition) is 4. The summed E-state index contributed by atoms with van der Waals surface area (Å²) in [5.74, 6) is -1.58. The van der Waals surface area contributed by atoms with Crippen molar-refractivity contribution in [3.05, 3.63) is 35.4 Å². The van der Waals surface area contributed by atoms with Crippen LogP contribution >= 0.6 is 0 Å². The van der Waals surface area contributed by atoms with Gasteiger partial charge in [0.2, 0.25) is 0 Å². The lowest BCUT2D eigenvalue weighted by molar-refractivity contribution is 0.0133. The minimum atomic E-state index is -1.07. The number of amides is 2. The van der Waals surface area contributed by atoms with Crippen molar-refractivity contribution in [2.24, 2.45) is 0 Å². The van der Waals surface area contributed by atoms with Crippen molar-refractivity contribution in [3.8, 4) is 0 Å². The summed E-state index contributed by atoms with van der Waals surface area (Å²) < 4.78 is 5.23. The van der Waals surface area contributed by atoms with Crippen LogP contribution in [-0.4, -0.2) is 40.2 Å². The van der Waals surface area contributed by atoms with Crippen LogP contribution in [0.5, 0.6) is 0 Å². The first-order valence-corrected chi connectivity index (χ1v) is 7.29. The highest BCUT2D eigenvalue weighted by molar-refractivity contribution is 5.96. The SMILES string of the molecule is CCCN(NC(=O)c1ccc(C(=O)O)cc1)C(=O)OC(C)(C)C. The molecule has 23 heavy (non-hydrogen) atoms. The third-order valence-corrected chi connectivity index (χ3v) is 2.69. The summed E-state index contributed by atoms with van der Waals surface area (Å²) in [5, 5.41) is 9.95. The highest BCUT2D eigenvalue weighted by Crippen LogP contribution is 2.10. The second kappa shape index (κ2) is 7.62. The highest BCUT2D eigenvalue weighted by Gasteiger charge is 2.23. The molecule has 1 aromatic rings. The Bertz CT molecular complexity index is 575. The van der Waals surface area contributed by atoms with Crippen molar-refractivity contribution in [2.45, 2.75) is 39.7 Å². The Morgan fingerprint density at radius 2 is 1.65 bits per heavy atom. The lowest BCUT2D eigenvalue weighted by atomic mass is 10.1. The van der Waals surface area contributed by atoms with Gasteiger partial charge in [-0.15, -0.1) is 0 Å². The van der Waals surface area contributed by atoms with E-state index in [1.165, 1.54) is 24.3 Å². The van der Waals surface area contributed by atoms with Crippen molar-refractivity contribution in [3.63, 3.8) is 0 Å². The molecule has 0 bridgehead atoms. The van der Waals surface area contributed by atoms with Gasteiger partial charge in [0, 0.05) is 12.1 Å². The van der Waals surface area contributed by atoms with Crippen molar-refractivity contribution >= 4 is 18.0 Å². The third kappa shape index (κ3) is 5.98.